The minimum atomic E-state index is -0.933. The van der Waals surface area contributed by atoms with Gasteiger partial charge in [-0.15, -0.1) is 0 Å². The molecule has 0 amide bonds. The highest BCUT2D eigenvalue weighted by Gasteiger charge is 2.29. The first-order valence-electron chi connectivity index (χ1n) is 7.23. The largest absolute Gasteiger partial charge is 0.481 e. The molecule has 3 atom stereocenters. The van der Waals surface area contributed by atoms with Crippen molar-refractivity contribution in [2.75, 3.05) is 6.54 Å². The van der Waals surface area contributed by atoms with E-state index in [0.717, 1.165) is 24.8 Å². The fourth-order valence-corrected chi connectivity index (χ4v) is 2.84. The van der Waals surface area contributed by atoms with E-state index in [1.54, 1.807) is 6.92 Å². The van der Waals surface area contributed by atoms with Crippen molar-refractivity contribution in [3.8, 4) is 0 Å². The first kappa shape index (κ1) is 15.0. The molecule has 3 N–H and O–H groups in total. The minimum absolute atomic E-state index is 0.181. The third-order valence-electron chi connectivity index (χ3n) is 4.15. The number of hydrogen-bond donors (Lipinski definition) is 3. The Labute approximate surface area is 119 Å². The predicted octanol–water partition coefficient (Wildman–Crippen LogP) is 2.13. The zero-order valence-corrected chi connectivity index (χ0v) is 11.9. The Morgan fingerprint density at radius 3 is 2.70 bits per heavy atom. The van der Waals surface area contributed by atoms with Crippen molar-refractivity contribution in [3.63, 3.8) is 0 Å². The van der Waals surface area contributed by atoms with Gasteiger partial charge in [0.1, 0.15) is 0 Å². The summed E-state index contributed by atoms with van der Waals surface area (Å²) in [6, 6.07) is 9.73. The maximum absolute atomic E-state index is 11.0. The van der Waals surface area contributed by atoms with Crippen LogP contribution in [0.4, 0.5) is 0 Å². The maximum atomic E-state index is 11.0. The van der Waals surface area contributed by atoms with Gasteiger partial charge in [-0.25, -0.2) is 0 Å². The minimum Gasteiger partial charge on any atom is -0.481 e. The Kier molecular flexibility index (Phi) is 4.78. The Morgan fingerprint density at radius 2 is 2.05 bits per heavy atom. The van der Waals surface area contributed by atoms with Crippen molar-refractivity contribution in [1.29, 1.82) is 0 Å². The fraction of sp³-hybridized carbons (Fsp3) is 0.562. The number of hydrogen-bond acceptors (Lipinski definition) is 3. The van der Waals surface area contributed by atoms with E-state index in [2.05, 4.69) is 5.32 Å². The molecule has 4 nitrogen and oxygen atoms in total. The van der Waals surface area contributed by atoms with E-state index in [9.17, 15) is 9.90 Å². The normalized spacial score (nSPS) is 25.9. The molecule has 1 aliphatic carbocycles. The van der Waals surface area contributed by atoms with Gasteiger partial charge in [0.2, 0.25) is 0 Å². The van der Waals surface area contributed by atoms with E-state index in [0.29, 0.717) is 13.0 Å². The molecule has 0 aliphatic heterocycles. The van der Waals surface area contributed by atoms with E-state index in [4.69, 9.17) is 5.11 Å². The van der Waals surface area contributed by atoms with Crippen LogP contribution in [-0.4, -0.2) is 28.8 Å². The second kappa shape index (κ2) is 6.37. The summed E-state index contributed by atoms with van der Waals surface area (Å²) >= 11 is 0. The van der Waals surface area contributed by atoms with E-state index >= 15 is 0 Å². The number of benzene rings is 1. The van der Waals surface area contributed by atoms with Crippen LogP contribution in [0, 0.1) is 5.92 Å². The summed E-state index contributed by atoms with van der Waals surface area (Å²) in [5.41, 5.74) is -0.0599. The van der Waals surface area contributed by atoms with Gasteiger partial charge in [0.25, 0.3) is 0 Å². The van der Waals surface area contributed by atoms with E-state index < -0.39 is 11.6 Å². The van der Waals surface area contributed by atoms with Crippen LogP contribution in [0.15, 0.2) is 30.3 Å². The van der Waals surface area contributed by atoms with Crippen LogP contribution in [0.3, 0.4) is 0 Å². The standard InChI is InChI=1S/C16H23NO3/c1-16(20,13-7-3-2-4-8-13)11-17-14-9-5-6-12(10-14)15(18)19/h2-4,7-8,12,14,17,20H,5-6,9-11H2,1H3,(H,18,19). The summed E-state index contributed by atoms with van der Waals surface area (Å²) in [7, 11) is 0. The molecule has 1 aromatic carbocycles. The van der Waals surface area contributed by atoms with E-state index in [1.807, 2.05) is 30.3 Å². The summed E-state index contributed by atoms with van der Waals surface area (Å²) in [4.78, 5) is 11.0. The molecule has 2 rings (SSSR count). The van der Waals surface area contributed by atoms with Gasteiger partial charge < -0.3 is 15.5 Å². The topological polar surface area (TPSA) is 69.6 Å². The summed E-state index contributed by atoms with van der Waals surface area (Å²) in [5.74, 6) is -0.950. The summed E-state index contributed by atoms with van der Waals surface area (Å²) in [6.07, 6.45) is 3.33. The van der Waals surface area contributed by atoms with Crippen molar-refractivity contribution in [2.45, 2.75) is 44.2 Å². The van der Waals surface area contributed by atoms with Crippen LogP contribution < -0.4 is 5.32 Å². The summed E-state index contributed by atoms with van der Waals surface area (Å²) in [6.45, 7) is 2.22. The second-order valence-corrected chi connectivity index (χ2v) is 5.92. The molecule has 1 saturated carbocycles. The van der Waals surface area contributed by atoms with Crippen molar-refractivity contribution in [2.24, 2.45) is 5.92 Å². The van der Waals surface area contributed by atoms with Gasteiger partial charge in [0.05, 0.1) is 11.5 Å². The average molecular weight is 277 g/mol. The molecule has 1 fully saturated rings. The Balaban J connectivity index is 1.90. The lowest BCUT2D eigenvalue weighted by Gasteiger charge is -2.31. The van der Waals surface area contributed by atoms with Crippen LogP contribution >= 0.6 is 0 Å². The summed E-state index contributed by atoms with van der Waals surface area (Å²) < 4.78 is 0. The van der Waals surface area contributed by atoms with E-state index in [-0.39, 0.29) is 12.0 Å². The zero-order valence-electron chi connectivity index (χ0n) is 11.9. The SMILES string of the molecule is CC(O)(CNC1CCCC(C(=O)O)C1)c1ccccc1. The number of carbonyl (C=O) groups is 1. The molecule has 0 radical (unpaired) electrons. The number of rotatable bonds is 5. The number of carboxylic acid groups (broad SMARTS) is 1. The van der Waals surface area contributed by atoms with Gasteiger partial charge in [-0.05, 0) is 31.7 Å². The molecule has 110 valence electrons. The fourth-order valence-electron chi connectivity index (χ4n) is 2.84. The number of nitrogens with one attached hydrogen (secondary N) is 1. The van der Waals surface area contributed by atoms with Crippen LogP contribution in [0.1, 0.15) is 38.2 Å². The Bertz CT molecular complexity index is 444. The highest BCUT2D eigenvalue weighted by atomic mass is 16.4. The Hall–Kier alpha value is -1.39. The molecular weight excluding hydrogens is 254 g/mol. The average Bonchev–Trinajstić information content (AvgIpc) is 2.46. The van der Waals surface area contributed by atoms with Crippen LogP contribution in [-0.2, 0) is 10.4 Å². The van der Waals surface area contributed by atoms with Crippen molar-refractivity contribution < 1.29 is 15.0 Å². The molecule has 4 heteroatoms. The van der Waals surface area contributed by atoms with Crippen molar-refractivity contribution in [3.05, 3.63) is 35.9 Å². The second-order valence-electron chi connectivity index (χ2n) is 5.92. The number of aliphatic carboxylic acids is 1. The lowest BCUT2D eigenvalue weighted by atomic mass is 9.85. The third-order valence-corrected chi connectivity index (χ3v) is 4.15. The quantitative estimate of drug-likeness (QED) is 0.771. The lowest BCUT2D eigenvalue weighted by molar-refractivity contribution is -0.143. The third kappa shape index (κ3) is 3.81. The molecule has 3 unspecified atom stereocenters. The van der Waals surface area contributed by atoms with Crippen LogP contribution in [0.5, 0.6) is 0 Å². The van der Waals surface area contributed by atoms with Gasteiger partial charge in [-0.3, -0.25) is 4.79 Å². The highest BCUT2D eigenvalue weighted by molar-refractivity contribution is 5.70. The first-order valence-corrected chi connectivity index (χ1v) is 7.23. The molecule has 0 heterocycles. The van der Waals surface area contributed by atoms with Gasteiger partial charge in [-0.1, -0.05) is 36.8 Å². The molecule has 0 bridgehead atoms. The number of carboxylic acids is 1. The molecule has 1 aliphatic rings. The van der Waals surface area contributed by atoms with Crippen molar-refractivity contribution >= 4 is 5.97 Å². The molecule has 0 saturated heterocycles. The molecule has 0 aromatic heterocycles. The first-order chi connectivity index (χ1) is 9.49. The van der Waals surface area contributed by atoms with Crippen LogP contribution in [0.2, 0.25) is 0 Å². The van der Waals surface area contributed by atoms with Gasteiger partial charge in [-0.2, -0.15) is 0 Å². The Morgan fingerprint density at radius 1 is 1.35 bits per heavy atom. The smallest absolute Gasteiger partial charge is 0.306 e. The lowest BCUT2D eigenvalue weighted by Crippen LogP contribution is -2.43. The molecule has 0 spiro atoms. The number of aliphatic hydroxyl groups is 1. The van der Waals surface area contributed by atoms with Gasteiger partial charge in [0.15, 0.2) is 0 Å². The van der Waals surface area contributed by atoms with E-state index in [1.165, 1.54) is 0 Å². The summed E-state index contributed by atoms with van der Waals surface area (Å²) in [5, 5.41) is 22.9. The van der Waals surface area contributed by atoms with Gasteiger partial charge in [0, 0.05) is 12.6 Å². The van der Waals surface area contributed by atoms with Crippen LogP contribution in [0.25, 0.3) is 0 Å². The highest BCUT2D eigenvalue weighted by Crippen LogP contribution is 2.26. The zero-order chi connectivity index (χ0) is 14.6. The molecule has 1 aromatic rings. The monoisotopic (exact) mass is 277 g/mol. The molecular formula is C16H23NO3. The predicted molar refractivity (Wildman–Crippen MR) is 77.4 cm³/mol. The molecule has 20 heavy (non-hydrogen) atoms. The van der Waals surface area contributed by atoms with Gasteiger partial charge >= 0.3 is 5.97 Å². The maximum Gasteiger partial charge on any atom is 0.306 e. The van der Waals surface area contributed by atoms with Crippen molar-refractivity contribution in [1.82, 2.24) is 5.32 Å².